The summed E-state index contributed by atoms with van der Waals surface area (Å²) in [7, 11) is 0. The number of benzene rings is 4. The topological polar surface area (TPSA) is 30.7 Å². The van der Waals surface area contributed by atoms with Crippen LogP contribution in [0.3, 0.4) is 0 Å². The molecule has 0 radical (unpaired) electrons. The second-order valence-corrected chi connectivity index (χ2v) is 10.0. The number of hydrogen-bond donors (Lipinski definition) is 0. The van der Waals surface area contributed by atoms with Gasteiger partial charge >= 0.3 is 0 Å². The van der Waals surface area contributed by atoms with Crippen molar-refractivity contribution in [2.24, 2.45) is 0 Å². The number of hydrogen-bond acceptors (Lipinski definition) is 2. The van der Waals surface area contributed by atoms with Crippen LogP contribution in [0.2, 0.25) is 5.15 Å². The molecule has 1 aliphatic rings. The van der Waals surface area contributed by atoms with Gasteiger partial charge < -0.3 is 4.57 Å². The Labute approximate surface area is 208 Å². The number of nitrogens with zero attached hydrogens (tertiary/aromatic N) is 3. The van der Waals surface area contributed by atoms with Crippen LogP contribution in [0.1, 0.15) is 25.1 Å². The van der Waals surface area contributed by atoms with Crippen molar-refractivity contribution in [3.8, 4) is 28.2 Å². The Bertz CT molecular complexity index is 1780. The van der Waals surface area contributed by atoms with Crippen LogP contribution in [-0.4, -0.2) is 14.5 Å². The van der Waals surface area contributed by atoms with Crippen LogP contribution >= 0.6 is 11.6 Å². The van der Waals surface area contributed by atoms with E-state index in [9.17, 15) is 0 Å². The number of para-hydroxylation sites is 2. The Morgan fingerprint density at radius 2 is 1.40 bits per heavy atom. The molecule has 0 saturated heterocycles. The predicted octanol–water partition coefficient (Wildman–Crippen LogP) is 8.20. The Balaban J connectivity index is 1.48. The number of fused-ring (bicyclic) bond motifs is 6. The highest BCUT2D eigenvalue weighted by molar-refractivity contribution is 6.32. The minimum atomic E-state index is -0.228. The Morgan fingerprint density at radius 1 is 0.686 bits per heavy atom. The normalized spacial score (nSPS) is 13.8. The molecule has 0 N–H and O–H groups in total. The number of rotatable bonds is 2. The van der Waals surface area contributed by atoms with Gasteiger partial charge in [0, 0.05) is 33.0 Å². The molecule has 6 aromatic rings. The van der Waals surface area contributed by atoms with E-state index in [0.717, 1.165) is 39.4 Å². The Kier molecular flexibility index (Phi) is 4.24. The van der Waals surface area contributed by atoms with Crippen molar-refractivity contribution in [3.05, 3.63) is 113 Å². The summed E-state index contributed by atoms with van der Waals surface area (Å²) in [6.07, 6.45) is 0. The van der Waals surface area contributed by atoms with E-state index >= 15 is 0 Å². The zero-order valence-electron chi connectivity index (χ0n) is 19.5. The van der Waals surface area contributed by atoms with Crippen molar-refractivity contribution in [2.45, 2.75) is 19.3 Å². The van der Waals surface area contributed by atoms with Gasteiger partial charge in [0.25, 0.3) is 0 Å². The van der Waals surface area contributed by atoms with Gasteiger partial charge in [0.1, 0.15) is 5.69 Å². The zero-order valence-corrected chi connectivity index (χ0v) is 20.2. The molecule has 0 bridgehead atoms. The van der Waals surface area contributed by atoms with E-state index in [0.29, 0.717) is 5.15 Å². The number of aromatic nitrogens is 3. The first kappa shape index (κ1) is 20.4. The minimum Gasteiger partial charge on any atom is -0.309 e. The van der Waals surface area contributed by atoms with Gasteiger partial charge in [-0.25, -0.2) is 9.97 Å². The molecule has 0 amide bonds. The van der Waals surface area contributed by atoms with Crippen molar-refractivity contribution >= 4 is 33.4 Å². The highest BCUT2D eigenvalue weighted by Crippen LogP contribution is 2.48. The molecule has 35 heavy (non-hydrogen) atoms. The molecule has 0 unspecified atom stereocenters. The monoisotopic (exact) mass is 471 g/mol. The van der Waals surface area contributed by atoms with Crippen LogP contribution in [0.5, 0.6) is 0 Å². The van der Waals surface area contributed by atoms with Crippen LogP contribution in [0.15, 0.2) is 97.1 Å². The largest absolute Gasteiger partial charge is 0.309 e. The van der Waals surface area contributed by atoms with Crippen molar-refractivity contribution in [2.75, 3.05) is 0 Å². The van der Waals surface area contributed by atoms with E-state index in [1.807, 2.05) is 6.07 Å². The molecule has 2 aromatic heterocycles. The lowest BCUT2D eigenvalue weighted by molar-refractivity contribution is 0.635. The second-order valence-electron chi connectivity index (χ2n) is 9.65. The lowest BCUT2D eigenvalue weighted by atomic mass is 9.85. The van der Waals surface area contributed by atoms with E-state index in [1.165, 1.54) is 21.9 Å². The van der Waals surface area contributed by atoms with Gasteiger partial charge in [-0.05, 0) is 35.9 Å². The van der Waals surface area contributed by atoms with Crippen LogP contribution in [0, 0.1) is 0 Å². The predicted molar refractivity (Wildman–Crippen MR) is 144 cm³/mol. The van der Waals surface area contributed by atoms with Gasteiger partial charge in [-0.3, -0.25) is 0 Å². The fraction of sp³-hybridized carbons (Fsp3) is 0.0968. The third-order valence-electron chi connectivity index (χ3n) is 7.26. The quantitative estimate of drug-likeness (QED) is 0.255. The summed E-state index contributed by atoms with van der Waals surface area (Å²) in [5.41, 5.74) is 9.17. The molecule has 0 spiro atoms. The maximum atomic E-state index is 6.80. The smallest absolute Gasteiger partial charge is 0.155 e. The highest BCUT2D eigenvalue weighted by atomic mass is 35.5. The van der Waals surface area contributed by atoms with Crippen LogP contribution in [-0.2, 0) is 5.41 Å². The van der Waals surface area contributed by atoms with Crippen molar-refractivity contribution < 1.29 is 0 Å². The third kappa shape index (κ3) is 2.85. The number of halogens is 1. The molecule has 7 rings (SSSR count). The van der Waals surface area contributed by atoms with Crippen LogP contribution < -0.4 is 0 Å². The zero-order chi connectivity index (χ0) is 23.7. The summed E-state index contributed by atoms with van der Waals surface area (Å²) in [6.45, 7) is 4.37. The Hall–Kier alpha value is -3.95. The first-order valence-corrected chi connectivity index (χ1v) is 12.2. The van der Waals surface area contributed by atoms with Crippen molar-refractivity contribution in [1.82, 2.24) is 14.5 Å². The standard InChI is InChI=1S/C31H22ClN3/c1-31(2)24-14-8-6-13-22(24)28-29(31)34-30(32)27(33-28)19-16-17-26-23(18-19)21-12-7-9-15-25(21)35(26)20-10-4-3-5-11-20/h3-18H,1-2H3. The fourth-order valence-corrected chi connectivity index (χ4v) is 5.80. The lowest BCUT2D eigenvalue weighted by Crippen LogP contribution is -2.17. The molecule has 0 atom stereocenters. The van der Waals surface area contributed by atoms with Crippen LogP contribution in [0.4, 0.5) is 0 Å². The first-order valence-electron chi connectivity index (χ1n) is 11.8. The van der Waals surface area contributed by atoms with Gasteiger partial charge in [-0.2, -0.15) is 0 Å². The molecule has 168 valence electrons. The van der Waals surface area contributed by atoms with Crippen molar-refractivity contribution in [1.29, 1.82) is 0 Å². The summed E-state index contributed by atoms with van der Waals surface area (Å²) < 4.78 is 2.31. The van der Waals surface area contributed by atoms with E-state index in [2.05, 4.69) is 109 Å². The van der Waals surface area contributed by atoms with E-state index in [-0.39, 0.29) is 5.41 Å². The maximum absolute atomic E-state index is 6.80. The van der Waals surface area contributed by atoms with E-state index < -0.39 is 0 Å². The average Bonchev–Trinajstić information content (AvgIpc) is 3.33. The van der Waals surface area contributed by atoms with E-state index in [1.54, 1.807) is 0 Å². The summed E-state index contributed by atoms with van der Waals surface area (Å²) in [4.78, 5) is 10.0. The third-order valence-corrected chi connectivity index (χ3v) is 7.52. The summed E-state index contributed by atoms with van der Waals surface area (Å²) >= 11 is 6.80. The first-order chi connectivity index (χ1) is 17.0. The summed E-state index contributed by atoms with van der Waals surface area (Å²) in [6, 6.07) is 33.9. The molecule has 1 aliphatic carbocycles. The summed E-state index contributed by atoms with van der Waals surface area (Å²) in [5.74, 6) is 0. The lowest BCUT2D eigenvalue weighted by Gasteiger charge is -2.20. The molecule has 0 aliphatic heterocycles. The average molecular weight is 472 g/mol. The molecule has 0 fully saturated rings. The van der Waals surface area contributed by atoms with Gasteiger partial charge in [-0.1, -0.05) is 92.2 Å². The highest BCUT2D eigenvalue weighted by Gasteiger charge is 2.38. The fourth-order valence-electron chi connectivity index (χ4n) is 5.56. The molecule has 4 aromatic carbocycles. The second kappa shape index (κ2) is 7.27. The SMILES string of the molecule is CC1(C)c2ccccc2-c2nc(-c3ccc4c(c3)c3ccccc3n4-c3ccccc3)c(Cl)nc21. The van der Waals surface area contributed by atoms with Gasteiger partial charge in [0.05, 0.1) is 22.4 Å². The summed E-state index contributed by atoms with van der Waals surface area (Å²) in [5, 5.41) is 2.81. The molecule has 4 heteroatoms. The molecule has 0 saturated carbocycles. The van der Waals surface area contributed by atoms with Gasteiger partial charge in [0.15, 0.2) is 5.15 Å². The molecule has 2 heterocycles. The Morgan fingerprint density at radius 3 is 2.26 bits per heavy atom. The molecular formula is C31H22ClN3. The maximum Gasteiger partial charge on any atom is 0.155 e. The van der Waals surface area contributed by atoms with Gasteiger partial charge in [-0.15, -0.1) is 0 Å². The van der Waals surface area contributed by atoms with E-state index in [4.69, 9.17) is 21.6 Å². The van der Waals surface area contributed by atoms with Gasteiger partial charge in [0.2, 0.25) is 0 Å². The minimum absolute atomic E-state index is 0.228. The van der Waals surface area contributed by atoms with Crippen molar-refractivity contribution in [3.63, 3.8) is 0 Å². The molecule has 3 nitrogen and oxygen atoms in total. The van der Waals surface area contributed by atoms with Crippen LogP contribution in [0.25, 0.3) is 50.0 Å². The molecular weight excluding hydrogens is 450 g/mol.